The van der Waals surface area contributed by atoms with Crippen LogP contribution in [0.1, 0.15) is 38.1 Å². The lowest BCUT2D eigenvalue weighted by Crippen LogP contribution is -2.27. The molecule has 8 heteroatoms. The van der Waals surface area contributed by atoms with Gasteiger partial charge in [0.25, 0.3) is 0 Å². The standard InChI is InChI=1S/C18H22N4O4/c1-5-25-16(23)12-8-6-7-9-13(12)19-14-10-11-15(22-21-14)20-17(24)26-18(2,3)4/h6-11H,5H2,1-4H3,(H,19,21)(H,20,22,24). The number of carbonyl (C=O) groups is 2. The number of aromatic nitrogens is 2. The molecule has 0 aliphatic heterocycles. The molecule has 0 aliphatic carbocycles. The highest BCUT2D eigenvalue weighted by Gasteiger charge is 2.17. The molecule has 2 aromatic rings. The summed E-state index contributed by atoms with van der Waals surface area (Å²) in [7, 11) is 0. The van der Waals surface area contributed by atoms with E-state index in [0.29, 0.717) is 17.1 Å². The Hall–Kier alpha value is -3.16. The molecule has 8 nitrogen and oxygen atoms in total. The first-order chi connectivity index (χ1) is 12.3. The summed E-state index contributed by atoms with van der Waals surface area (Å²) in [6, 6.07) is 10.1. The zero-order valence-corrected chi connectivity index (χ0v) is 15.2. The van der Waals surface area contributed by atoms with Crippen LogP contribution in [0.4, 0.5) is 22.1 Å². The van der Waals surface area contributed by atoms with E-state index >= 15 is 0 Å². The van der Waals surface area contributed by atoms with Gasteiger partial charge in [-0.1, -0.05) is 12.1 Å². The molecule has 1 amide bonds. The van der Waals surface area contributed by atoms with Crippen molar-refractivity contribution in [1.82, 2.24) is 10.2 Å². The van der Waals surface area contributed by atoms with Crippen LogP contribution >= 0.6 is 0 Å². The molecule has 0 unspecified atom stereocenters. The van der Waals surface area contributed by atoms with Gasteiger partial charge >= 0.3 is 12.1 Å². The molecule has 1 aromatic heterocycles. The molecule has 0 saturated heterocycles. The van der Waals surface area contributed by atoms with Gasteiger partial charge in [0.1, 0.15) is 5.60 Å². The van der Waals surface area contributed by atoms with Crippen LogP contribution in [0, 0.1) is 0 Å². The summed E-state index contributed by atoms with van der Waals surface area (Å²) in [5.41, 5.74) is 0.343. The van der Waals surface area contributed by atoms with Crippen molar-refractivity contribution in [1.29, 1.82) is 0 Å². The lowest BCUT2D eigenvalue weighted by molar-refractivity contribution is 0.0526. The third-order valence-corrected chi connectivity index (χ3v) is 2.98. The number of esters is 1. The molecule has 2 N–H and O–H groups in total. The van der Waals surface area contributed by atoms with Gasteiger partial charge in [0.2, 0.25) is 0 Å². The quantitative estimate of drug-likeness (QED) is 0.785. The van der Waals surface area contributed by atoms with Crippen molar-refractivity contribution in [2.45, 2.75) is 33.3 Å². The summed E-state index contributed by atoms with van der Waals surface area (Å²) >= 11 is 0. The number of amides is 1. The molecule has 0 atom stereocenters. The van der Waals surface area contributed by atoms with Gasteiger partial charge in [0, 0.05) is 0 Å². The molecular weight excluding hydrogens is 336 g/mol. The third kappa shape index (κ3) is 5.73. The first-order valence-corrected chi connectivity index (χ1v) is 8.15. The second-order valence-electron chi connectivity index (χ2n) is 6.32. The number of hydrogen-bond acceptors (Lipinski definition) is 7. The number of nitrogens with zero attached hydrogens (tertiary/aromatic N) is 2. The van der Waals surface area contributed by atoms with Gasteiger partial charge < -0.3 is 14.8 Å². The van der Waals surface area contributed by atoms with E-state index < -0.39 is 17.7 Å². The van der Waals surface area contributed by atoms with Crippen molar-refractivity contribution >= 4 is 29.4 Å². The average Bonchev–Trinajstić information content (AvgIpc) is 2.55. The van der Waals surface area contributed by atoms with E-state index in [1.54, 1.807) is 64.1 Å². The van der Waals surface area contributed by atoms with E-state index in [1.807, 2.05) is 0 Å². The summed E-state index contributed by atoms with van der Waals surface area (Å²) in [6.45, 7) is 7.35. The fourth-order valence-electron chi connectivity index (χ4n) is 1.99. The highest BCUT2D eigenvalue weighted by Crippen LogP contribution is 2.20. The van der Waals surface area contributed by atoms with Crippen molar-refractivity contribution in [2.75, 3.05) is 17.2 Å². The Labute approximate surface area is 151 Å². The van der Waals surface area contributed by atoms with Crippen LogP contribution in [0.15, 0.2) is 36.4 Å². The summed E-state index contributed by atoms with van der Waals surface area (Å²) in [5, 5.41) is 13.4. The van der Waals surface area contributed by atoms with Crippen molar-refractivity contribution in [3.63, 3.8) is 0 Å². The maximum Gasteiger partial charge on any atom is 0.413 e. The van der Waals surface area contributed by atoms with Crippen LogP contribution < -0.4 is 10.6 Å². The van der Waals surface area contributed by atoms with Crippen LogP contribution in [-0.4, -0.2) is 34.5 Å². The number of nitrogens with one attached hydrogen (secondary N) is 2. The van der Waals surface area contributed by atoms with E-state index in [2.05, 4.69) is 20.8 Å². The van der Waals surface area contributed by atoms with Gasteiger partial charge in [-0.15, -0.1) is 10.2 Å². The molecule has 138 valence electrons. The number of rotatable bonds is 5. The molecule has 1 aromatic carbocycles. The van der Waals surface area contributed by atoms with E-state index in [4.69, 9.17) is 9.47 Å². The number of ether oxygens (including phenoxy) is 2. The molecule has 1 heterocycles. The molecule has 0 aliphatic rings. The first-order valence-electron chi connectivity index (χ1n) is 8.15. The highest BCUT2D eigenvalue weighted by molar-refractivity contribution is 5.96. The highest BCUT2D eigenvalue weighted by atomic mass is 16.6. The minimum Gasteiger partial charge on any atom is -0.462 e. The van der Waals surface area contributed by atoms with Crippen LogP contribution in [-0.2, 0) is 9.47 Å². The number of carbonyl (C=O) groups excluding carboxylic acids is 2. The number of hydrogen-bond donors (Lipinski definition) is 2. The largest absolute Gasteiger partial charge is 0.462 e. The predicted molar refractivity (Wildman–Crippen MR) is 97.6 cm³/mol. The van der Waals surface area contributed by atoms with Crippen molar-refractivity contribution in [3.05, 3.63) is 42.0 Å². The Morgan fingerprint density at radius 2 is 1.69 bits per heavy atom. The second kappa shape index (κ2) is 8.28. The number of anilines is 3. The van der Waals surface area contributed by atoms with Crippen LogP contribution in [0.25, 0.3) is 0 Å². The van der Waals surface area contributed by atoms with Gasteiger partial charge in [-0.2, -0.15) is 0 Å². The van der Waals surface area contributed by atoms with Gasteiger partial charge in [-0.25, -0.2) is 9.59 Å². The van der Waals surface area contributed by atoms with Crippen molar-refractivity contribution < 1.29 is 19.1 Å². The van der Waals surface area contributed by atoms with E-state index in [0.717, 1.165) is 0 Å². The Morgan fingerprint density at radius 1 is 1.04 bits per heavy atom. The summed E-state index contributed by atoms with van der Waals surface area (Å²) < 4.78 is 10.2. The van der Waals surface area contributed by atoms with Gasteiger partial charge in [-0.3, -0.25) is 5.32 Å². The van der Waals surface area contributed by atoms with E-state index in [1.165, 1.54) is 0 Å². The van der Waals surface area contributed by atoms with E-state index in [-0.39, 0.29) is 12.4 Å². The second-order valence-corrected chi connectivity index (χ2v) is 6.32. The Kier molecular flexibility index (Phi) is 6.11. The van der Waals surface area contributed by atoms with Crippen LogP contribution in [0.5, 0.6) is 0 Å². The molecular formula is C18H22N4O4. The van der Waals surface area contributed by atoms with E-state index in [9.17, 15) is 9.59 Å². The first kappa shape index (κ1) is 19.2. The topological polar surface area (TPSA) is 102 Å². The molecule has 0 radical (unpaired) electrons. The predicted octanol–water partition coefficient (Wildman–Crippen LogP) is 3.74. The fourth-order valence-corrected chi connectivity index (χ4v) is 1.99. The SMILES string of the molecule is CCOC(=O)c1ccccc1Nc1ccc(NC(=O)OC(C)(C)C)nn1. The van der Waals surface area contributed by atoms with Crippen LogP contribution in [0.3, 0.4) is 0 Å². The number of benzene rings is 1. The molecule has 0 saturated carbocycles. The van der Waals surface area contributed by atoms with Crippen LogP contribution in [0.2, 0.25) is 0 Å². The lowest BCUT2D eigenvalue weighted by atomic mass is 10.2. The van der Waals surface area contributed by atoms with Gasteiger partial charge in [-0.05, 0) is 52.0 Å². The molecule has 2 rings (SSSR count). The smallest absolute Gasteiger partial charge is 0.413 e. The van der Waals surface area contributed by atoms with Gasteiger partial charge in [0.05, 0.1) is 17.9 Å². The monoisotopic (exact) mass is 358 g/mol. The number of para-hydroxylation sites is 1. The Morgan fingerprint density at radius 3 is 2.31 bits per heavy atom. The van der Waals surface area contributed by atoms with Gasteiger partial charge in [0.15, 0.2) is 11.6 Å². The summed E-state index contributed by atoms with van der Waals surface area (Å²) in [6.07, 6.45) is -0.611. The average molecular weight is 358 g/mol. The molecule has 26 heavy (non-hydrogen) atoms. The fraction of sp³-hybridized carbons (Fsp3) is 0.333. The zero-order valence-electron chi connectivity index (χ0n) is 15.2. The Bertz CT molecular complexity index is 770. The molecule has 0 bridgehead atoms. The molecule has 0 fully saturated rings. The minimum absolute atomic E-state index is 0.253. The maximum absolute atomic E-state index is 12.0. The van der Waals surface area contributed by atoms with Crippen molar-refractivity contribution in [3.8, 4) is 0 Å². The third-order valence-electron chi connectivity index (χ3n) is 2.98. The maximum atomic E-state index is 12.0. The zero-order chi connectivity index (χ0) is 19.2. The lowest BCUT2D eigenvalue weighted by Gasteiger charge is -2.19. The summed E-state index contributed by atoms with van der Waals surface area (Å²) in [4.78, 5) is 23.7. The van der Waals surface area contributed by atoms with Crippen molar-refractivity contribution in [2.24, 2.45) is 0 Å². The normalized spacial score (nSPS) is 10.8. The minimum atomic E-state index is -0.611. The summed E-state index contributed by atoms with van der Waals surface area (Å²) in [5.74, 6) is 0.242. The molecule has 0 spiro atoms. The Balaban J connectivity index is 2.06.